The second kappa shape index (κ2) is 5.84. The minimum Gasteiger partial charge on any atom is -0.457 e. The first-order chi connectivity index (χ1) is 10.2. The lowest BCUT2D eigenvalue weighted by molar-refractivity contribution is 0.276. The lowest BCUT2D eigenvalue weighted by atomic mass is 10.1. The fourth-order valence-electron chi connectivity index (χ4n) is 2.16. The number of ether oxygens (including phenoxy) is 1. The zero-order valence-electron chi connectivity index (χ0n) is 11.0. The van der Waals surface area contributed by atoms with Crippen LogP contribution < -0.4 is 4.74 Å². The van der Waals surface area contributed by atoms with Crippen LogP contribution in [0.4, 0.5) is 4.39 Å². The lowest BCUT2D eigenvalue weighted by Gasteiger charge is -2.10. The summed E-state index contributed by atoms with van der Waals surface area (Å²) in [7, 11) is 0. The normalized spacial score (nSPS) is 10.8. The largest absolute Gasteiger partial charge is 0.457 e. The first-order valence-corrected chi connectivity index (χ1v) is 7.21. The van der Waals surface area contributed by atoms with Crippen LogP contribution in [0.2, 0.25) is 0 Å². The molecule has 0 aliphatic carbocycles. The summed E-state index contributed by atoms with van der Waals surface area (Å²) in [6.07, 6.45) is 0. The summed E-state index contributed by atoms with van der Waals surface area (Å²) in [5.74, 6) is 0.705. The molecule has 0 unspecified atom stereocenters. The number of hydrogen-bond donors (Lipinski definition) is 1. The maximum absolute atomic E-state index is 13.1. The van der Waals surface area contributed by atoms with Crippen molar-refractivity contribution in [1.29, 1.82) is 0 Å². The third kappa shape index (κ3) is 3.06. The van der Waals surface area contributed by atoms with Gasteiger partial charge >= 0.3 is 0 Å². The fraction of sp³-hybridized carbons (Fsp3) is 0.0588. The lowest BCUT2D eigenvalue weighted by Crippen LogP contribution is -1.93. The topological polar surface area (TPSA) is 29.5 Å². The van der Waals surface area contributed by atoms with E-state index in [1.54, 1.807) is 0 Å². The van der Waals surface area contributed by atoms with Gasteiger partial charge in [-0.15, -0.1) is 0 Å². The molecule has 3 aromatic rings. The summed E-state index contributed by atoms with van der Waals surface area (Å²) in [6, 6.07) is 15.8. The SMILES string of the molecule is OCc1cc(F)ccc1Oc1ccc2cc(Br)ccc2c1. The maximum atomic E-state index is 13.1. The van der Waals surface area contributed by atoms with Crippen molar-refractivity contribution in [3.05, 3.63) is 70.5 Å². The smallest absolute Gasteiger partial charge is 0.133 e. The highest BCUT2D eigenvalue weighted by Gasteiger charge is 2.06. The van der Waals surface area contributed by atoms with Gasteiger partial charge in [-0.25, -0.2) is 4.39 Å². The molecule has 0 bridgehead atoms. The van der Waals surface area contributed by atoms with Crippen molar-refractivity contribution in [1.82, 2.24) is 0 Å². The maximum Gasteiger partial charge on any atom is 0.133 e. The molecular weight excluding hydrogens is 335 g/mol. The van der Waals surface area contributed by atoms with E-state index in [1.165, 1.54) is 18.2 Å². The molecule has 3 aromatic carbocycles. The Kier molecular flexibility index (Phi) is 3.90. The summed E-state index contributed by atoms with van der Waals surface area (Å²) < 4.78 is 19.9. The Labute approximate surface area is 129 Å². The molecule has 0 amide bonds. The van der Waals surface area contributed by atoms with Crippen molar-refractivity contribution in [3.63, 3.8) is 0 Å². The van der Waals surface area contributed by atoms with Gasteiger partial charge in [-0.05, 0) is 53.2 Å². The standard InChI is InChI=1S/C17H12BrFO2/c18-14-3-1-12-9-16(5-2-11(12)7-14)21-17-6-4-15(19)8-13(17)10-20/h1-9,20H,10H2. The summed E-state index contributed by atoms with van der Waals surface area (Å²) in [6.45, 7) is -0.270. The Morgan fingerprint density at radius 2 is 1.71 bits per heavy atom. The van der Waals surface area contributed by atoms with Crippen molar-refractivity contribution in [3.8, 4) is 11.5 Å². The average molecular weight is 347 g/mol. The Morgan fingerprint density at radius 1 is 0.952 bits per heavy atom. The van der Waals surface area contributed by atoms with Gasteiger partial charge in [0.15, 0.2) is 0 Å². The molecule has 0 aliphatic heterocycles. The van der Waals surface area contributed by atoms with Crippen LogP contribution in [0.1, 0.15) is 5.56 Å². The van der Waals surface area contributed by atoms with Gasteiger partial charge < -0.3 is 9.84 Å². The molecule has 0 radical (unpaired) electrons. The van der Waals surface area contributed by atoms with Gasteiger partial charge in [-0.2, -0.15) is 0 Å². The quantitative estimate of drug-likeness (QED) is 0.720. The predicted molar refractivity (Wildman–Crippen MR) is 84.0 cm³/mol. The minimum absolute atomic E-state index is 0.270. The minimum atomic E-state index is -0.394. The van der Waals surface area contributed by atoms with E-state index in [4.69, 9.17) is 4.74 Å². The summed E-state index contributed by atoms with van der Waals surface area (Å²) in [4.78, 5) is 0. The number of aliphatic hydroxyl groups is 1. The van der Waals surface area contributed by atoms with Crippen molar-refractivity contribution >= 4 is 26.7 Å². The van der Waals surface area contributed by atoms with Crippen LogP contribution in [0.15, 0.2) is 59.1 Å². The Hall–Kier alpha value is -1.91. The molecule has 0 aromatic heterocycles. The first-order valence-electron chi connectivity index (χ1n) is 6.42. The van der Waals surface area contributed by atoms with Crippen LogP contribution in [-0.4, -0.2) is 5.11 Å². The monoisotopic (exact) mass is 346 g/mol. The number of benzene rings is 3. The molecule has 1 N–H and O–H groups in total. The third-order valence-electron chi connectivity index (χ3n) is 3.19. The zero-order valence-corrected chi connectivity index (χ0v) is 12.6. The van der Waals surface area contributed by atoms with Crippen LogP contribution in [0.25, 0.3) is 10.8 Å². The molecule has 2 nitrogen and oxygen atoms in total. The molecule has 0 saturated carbocycles. The highest BCUT2D eigenvalue weighted by Crippen LogP contribution is 2.29. The average Bonchev–Trinajstić information content (AvgIpc) is 2.49. The number of hydrogen-bond acceptors (Lipinski definition) is 2. The van der Waals surface area contributed by atoms with Gasteiger partial charge in [-0.3, -0.25) is 0 Å². The van der Waals surface area contributed by atoms with E-state index in [0.717, 1.165) is 15.2 Å². The molecule has 106 valence electrons. The zero-order chi connectivity index (χ0) is 14.8. The summed E-state index contributed by atoms with van der Waals surface area (Å²) >= 11 is 3.44. The van der Waals surface area contributed by atoms with Crippen LogP contribution in [-0.2, 0) is 6.61 Å². The Morgan fingerprint density at radius 3 is 2.52 bits per heavy atom. The molecular formula is C17H12BrFO2. The molecule has 0 fully saturated rings. The third-order valence-corrected chi connectivity index (χ3v) is 3.69. The van der Waals surface area contributed by atoms with Crippen molar-refractivity contribution in [2.24, 2.45) is 0 Å². The van der Waals surface area contributed by atoms with Gasteiger partial charge in [-0.1, -0.05) is 28.1 Å². The van der Waals surface area contributed by atoms with Crippen molar-refractivity contribution in [2.75, 3.05) is 0 Å². The van der Waals surface area contributed by atoms with Gasteiger partial charge in [0.2, 0.25) is 0 Å². The van der Waals surface area contributed by atoms with Crippen molar-refractivity contribution < 1.29 is 14.2 Å². The predicted octanol–water partition coefficient (Wildman–Crippen LogP) is 5.03. The van der Waals surface area contributed by atoms with Gasteiger partial charge in [0.05, 0.1) is 6.61 Å². The van der Waals surface area contributed by atoms with E-state index in [2.05, 4.69) is 15.9 Å². The van der Waals surface area contributed by atoms with Crippen molar-refractivity contribution in [2.45, 2.75) is 6.61 Å². The van der Waals surface area contributed by atoms with Crippen LogP contribution in [0.3, 0.4) is 0 Å². The van der Waals surface area contributed by atoms with E-state index in [1.807, 2.05) is 36.4 Å². The highest BCUT2D eigenvalue weighted by atomic mass is 79.9. The van der Waals surface area contributed by atoms with E-state index < -0.39 is 5.82 Å². The second-order valence-electron chi connectivity index (χ2n) is 4.67. The number of fused-ring (bicyclic) bond motifs is 1. The van der Waals surface area contributed by atoms with E-state index in [9.17, 15) is 9.50 Å². The molecule has 3 rings (SSSR count). The van der Waals surface area contributed by atoms with E-state index >= 15 is 0 Å². The molecule has 0 aliphatic rings. The van der Waals surface area contributed by atoms with Gasteiger partial charge in [0.1, 0.15) is 17.3 Å². The number of rotatable bonds is 3. The first kappa shape index (κ1) is 14.0. The summed E-state index contributed by atoms with van der Waals surface area (Å²) in [5.41, 5.74) is 0.422. The molecule has 0 atom stereocenters. The van der Waals surface area contributed by atoms with Gasteiger partial charge in [0.25, 0.3) is 0 Å². The van der Waals surface area contributed by atoms with Crippen LogP contribution in [0, 0.1) is 5.82 Å². The van der Waals surface area contributed by atoms with Crippen LogP contribution >= 0.6 is 15.9 Å². The van der Waals surface area contributed by atoms with Crippen LogP contribution in [0.5, 0.6) is 11.5 Å². The fourth-order valence-corrected chi connectivity index (χ4v) is 2.54. The summed E-state index contributed by atoms with van der Waals surface area (Å²) in [5, 5.41) is 11.4. The van der Waals surface area contributed by atoms with E-state index in [0.29, 0.717) is 17.1 Å². The Bertz CT molecular complexity index is 802. The Balaban J connectivity index is 1.96. The molecule has 4 heteroatoms. The molecule has 0 spiro atoms. The number of halogens is 2. The number of aliphatic hydroxyl groups excluding tert-OH is 1. The second-order valence-corrected chi connectivity index (χ2v) is 5.58. The molecule has 0 saturated heterocycles. The van der Waals surface area contributed by atoms with E-state index in [-0.39, 0.29) is 6.61 Å². The highest BCUT2D eigenvalue weighted by molar-refractivity contribution is 9.10. The van der Waals surface area contributed by atoms with Gasteiger partial charge in [0, 0.05) is 10.0 Å². The molecule has 21 heavy (non-hydrogen) atoms. The molecule has 0 heterocycles.